The van der Waals surface area contributed by atoms with Crippen LogP contribution in [0.5, 0.6) is 17.2 Å². The van der Waals surface area contributed by atoms with Gasteiger partial charge in [-0.05, 0) is 60.0 Å². The maximum Gasteiger partial charge on any atom is 0.248 e. The van der Waals surface area contributed by atoms with Gasteiger partial charge in [0.2, 0.25) is 17.7 Å². The summed E-state index contributed by atoms with van der Waals surface area (Å²) in [5.74, 6) is -0.818. The van der Waals surface area contributed by atoms with E-state index in [0.29, 0.717) is 53.5 Å². The average Bonchev–Trinajstić information content (AvgIpc) is 3.12. The minimum absolute atomic E-state index is 0.0106. The van der Waals surface area contributed by atoms with Crippen molar-refractivity contribution in [1.29, 1.82) is 0 Å². The molecule has 0 fully saturated rings. The number of aromatic hydroxyl groups is 1. The van der Waals surface area contributed by atoms with Crippen molar-refractivity contribution in [1.82, 2.24) is 5.32 Å². The zero-order valence-electron chi connectivity index (χ0n) is 28.0. The van der Waals surface area contributed by atoms with Crippen molar-refractivity contribution in [2.24, 2.45) is 5.73 Å². The molecule has 0 saturated carbocycles. The van der Waals surface area contributed by atoms with Gasteiger partial charge in [-0.2, -0.15) is 0 Å². The van der Waals surface area contributed by atoms with Crippen LogP contribution in [0.15, 0.2) is 78.9 Å². The zero-order chi connectivity index (χ0) is 36.8. The van der Waals surface area contributed by atoms with Crippen molar-refractivity contribution in [2.45, 2.75) is 32.6 Å². The molecule has 4 rings (SSSR count). The molecule has 0 saturated heterocycles. The van der Waals surface area contributed by atoms with E-state index in [-0.39, 0.29) is 65.6 Å². The van der Waals surface area contributed by atoms with Crippen molar-refractivity contribution in [2.75, 3.05) is 38.3 Å². The Morgan fingerprint density at radius 3 is 2.02 bits per heavy atom. The molecule has 4 aromatic rings. The first-order valence-corrected chi connectivity index (χ1v) is 17.0. The summed E-state index contributed by atoms with van der Waals surface area (Å²) >= 11 is 12.9. The molecule has 268 valence electrons. The number of nitrogens with one attached hydrogen (secondary N) is 2. The third-order valence-corrected chi connectivity index (χ3v) is 8.19. The van der Waals surface area contributed by atoms with E-state index in [1.54, 1.807) is 30.3 Å². The van der Waals surface area contributed by atoms with Gasteiger partial charge in [0.1, 0.15) is 11.5 Å². The fourth-order valence-corrected chi connectivity index (χ4v) is 5.39. The second kappa shape index (κ2) is 19.5. The summed E-state index contributed by atoms with van der Waals surface area (Å²) in [5, 5.41) is 16.0. The van der Waals surface area contributed by atoms with E-state index in [1.165, 1.54) is 29.8 Å². The molecule has 0 radical (unpaired) electrons. The van der Waals surface area contributed by atoms with Crippen LogP contribution in [0.3, 0.4) is 0 Å². The number of primary amides is 1. The van der Waals surface area contributed by atoms with Gasteiger partial charge < -0.3 is 35.7 Å². The van der Waals surface area contributed by atoms with E-state index in [1.807, 2.05) is 24.3 Å². The number of hydrogen-bond donors (Lipinski definition) is 4. The number of amides is 3. The number of phenols is 1. The fraction of sp³-hybridized carbons (Fsp3) is 0.263. The third-order valence-electron chi connectivity index (χ3n) is 7.63. The minimum Gasteiger partial charge on any atom is -0.507 e. The molecule has 0 aliphatic heterocycles. The van der Waals surface area contributed by atoms with Crippen LogP contribution in [-0.2, 0) is 25.5 Å². The summed E-state index contributed by atoms with van der Waals surface area (Å²) in [7, 11) is 0. The molecule has 0 atom stereocenters. The Morgan fingerprint density at radius 2 is 1.37 bits per heavy atom. The van der Waals surface area contributed by atoms with Crippen LogP contribution in [-0.4, -0.2) is 61.6 Å². The Kier molecular flexibility index (Phi) is 14.8. The summed E-state index contributed by atoms with van der Waals surface area (Å²) < 4.78 is 16.8. The standard InChI is InChI=1S/C38H39Cl2N3O8/c1-2-24-3-5-26(6-4-24)33(44)15-17-49-19-20-50-18-16-42-35(46)13-14-36(47)43-28-21-31(39)37(32(40)22-28)51-29-11-12-34(45)30(23-29)25-7-9-27(10-8-25)38(41)48/h3-12,21-23,45H,2,13-20H2,1H3,(H2,41,48)(H,42,46)(H,43,47). The minimum atomic E-state index is -0.564. The smallest absolute Gasteiger partial charge is 0.248 e. The van der Waals surface area contributed by atoms with Gasteiger partial charge in [0.15, 0.2) is 11.5 Å². The maximum atomic E-state index is 12.5. The lowest BCUT2D eigenvalue weighted by molar-refractivity contribution is -0.124. The van der Waals surface area contributed by atoms with Crippen molar-refractivity contribution in [3.63, 3.8) is 0 Å². The highest BCUT2D eigenvalue weighted by Crippen LogP contribution is 2.41. The van der Waals surface area contributed by atoms with Crippen LogP contribution in [0.25, 0.3) is 11.1 Å². The van der Waals surface area contributed by atoms with Crippen LogP contribution < -0.4 is 21.1 Å². The number of halogens is 2. The Hall–Kier alpha value is -4.94. The van der Waals surface area contributed by atoms with Crippen molar-refractivity contribution >= 4 is 52.4 Å². The SMILES string of the molecule is CCc1ccc(C(=O)CCOCCOCCNC(=O)CCC(=O)Nc2cc(Cl)c(Oc3ccc(O)c(-c4ccc(C(N)=O)cc4)c3)c(Cl)c2)cc1. The van der Waals surface area contributed by atoms with Crippen molar-refractivity contribution in [3.8, 4) is 28.4 Å². The average molecular weight is 737 g/mol. The fourth-order valence-electron chi connectivity index (χ4n) is 4.83. The van der Waals surface area contributed by atoms with E-state index < -0.39 is 11.8 Å². The monoisotopic (exact) mass is 735 g/mol. The first-order chi connectivity index (χ1) is 24.5. The molecular formula is C38H39Cl2N3O8. The number of carbonyl (C=O) groups is 4. The van der Waals surface area contributed by atoms with E-state index in [2.05, 4.69) is 17.6 Å². The van der Waals surface area contributed by atoms with Gasteiger partial charge in [-0.1, -0.05) is 66.5 Å². The first-order valence-electron chi connectivity index (χ1n) is 16.3. The van der Waals surface area contributed by atoms with E-state index in [4.69, 9.17) is 43.1 Å². The van der Waals surface area contributed by atoms with Gasteiger partial charge in [-0.3, -0.25) is 19.2 Å². The molecule has 5 N–H and O–H groups in total. The predicted octanol–water partition coefficient (Wildman–Crippen LogP) is 6.96. The highest BCUT2D eigenvalue weighted by molar-refractivity contribution is 6.37. The second-order valence-corrected chi connectivity index (χ2v) is 12.2. The van der Waals surface area contributed by atoms with E-state index in [9.17, 15) is 24.3 Å². The van der Waals surface area contributed by atoms with E-state index in [0.717, 1.165) is 6.42 Å². The highest BCUT2D eigenvalue weighted by atomic mass is 35.5. The number of rotatable bonds is 19. The third kappa shape index (κ3) is 12.1. The van der Waals surface area contributed by atoms with Crippen LogP contribution in [0, 0.1) is 0 Å². The summed E-state index contributed by atoms with van der Waals surface area (Å²) in [6, 6.07) is 21.5. The quantitative estimate of drug-likeness (QED) is 0.0593. The Balaban J connectivity index is 1.13. The molecule has 0 bridgehead atoms. The number of benzene rings is 4. The number of phenolic OH excluding ortho intramolecular Hbond substituents is 1. The topological polar surface area (TPSA) is 166 Å². The number of anilines is 1. The number of ether oxygens (including phenoxy) is 3. The molecule has 3 amide bonds. The van der Waals surface area contributed by atoms with E-state index >= 15 is 0 Å². The molecule has 0 aliphatic carbocycles. The molecule has 4 aromatic carbocycles. The number of aryl methyl sites for hydroxylation is 1. The van der Waals surface area contributed by atoms with Gasteiger partial charge in [0.25, 0.3) is 0 Å². The molecule has 0 aliphatic rings. The van der Waals surface area contributed by atoms with Crippen LogP contribution in [0.1, 0.15) is 52.5 Å². The van der Waals surface area contributed by atoms with Crippen molar-refractivity contribution in [3.05, 3.63) is 106 Å². The van der Waals surface area contributed by atoms with Crippen molar-refractivity contribution < 1.29 is 38.5 Å². The molecule has 0 unspecified atom stereocenters. The Bertz CT molecular complexity index is 1810. The maximum absolute atomic E-state index is 12.5. The number of carbonyl (C=O) groups excluding carboxylic acids is 4. The number of nitrogens with two attached hydrogens (primary N) is 1. The molecule has 0 aromatic heterocycles. The first kappa shape index (κ1) is 38.9. The lowest BCUT2D eigenvalue weighted by Gasteiger charge is -2.14. The van der Waals surface area contributed by atoms with Gasteiger partial charge in [0, 0.05) is 48.2 Å². The lowest BCUT2D eigenvalue weighted by Crippen LogP contribution is -2.28. The van der Waals surface area contributed by atoms with Gasteiger partial charge >= 0.3 is 0 Å². The summed E-state index contributed by atoms with van der Waals surface area (Å²) in [5.41, 5.74) is 8.87. The molecule has 13 heteroatoms. The Labute approximate surface area is 306 Å². The summed E-state index contributed by atoms with van der Waals surface area (Å²) in [6.07, 6.45) is 1.09. The predicted molar refractivity (Wildman–Crippen MR) is 196 cm³/mol. The normalized spacial score (nSPS) is 10.8. The van der Waals surface area contributed by atoms with Crippen LogP contribution >= 0.6 is 23.2 Å². The van der Waals surface area contributed by atoms with Gasteiger partial charge in [-0.25, -0.2) is 0 Å². The number of hydrogen-bond acceptors (Lipinski definition) is 8. The highest BCUT2D eigenvalue weighted by Gasteiger charge is 2.15. The summed E-state index contributed by atoms with van der Waals surface area (Å²) in [6.45, 7) is 3.54. The Morgan fingerprint density at radius 1 is 0.745 bits per heavy atom. The largest absolute Gasteiger partial charge is 0.507 e. The molecule has 11 nitrogen and oxygen atoms in total. The van der Waals surface area contributed by atoms with Gasteiger partial charge in [0.05, 0.1) is 36.5 Å². The van der Waals surface area contributed by atoms with Gasteiger partial charge in [-0.15, -0.1) is 0 Å². The molecule has 0 heterocycles. The van der Waals surface area contributed by atoms with Crippen LogP contribution in [0.4, 0.5) is 5.69 Å². The molecule has 0 spiro atoms. The number of ketones is 1. The molecular weight excluding hydrogens is 697 g/mol. The second-order valence-electron chi connectivity index (χ2n) is 11.3. The van der Waals surface area contributed by atoms with Crippen LogP contribution in [0.2, 0.25) is 10.0 Å². The zero-order valence-corrected chi connectivity index (χ0v) is 29.5. The number of Topliss-reactive ketones (excluding diaryl/α,β-unsaturated/α-hetero) is 1. The summed E-state index contributed by atoms with van der Waals surface area (Å²) in [4.78, 5) is 48.3. The molecule has 51 heavy (non-hydrogen) atoms. The lowest BCUT2D eigenvalue weighted by atomic mass is 10.0.